The number of hydrogen-bond acceptors (Lipinski definition) is 4. The Morgan fingerprint density at radius 1 is 0.930 bits per heavy atom. The predicted octanol–water partition coefficient (Wildman–Crippen LogP) is 6.36. The average Bonchev–Trinajstić information content (AvgIpc) is 2.92. The third-order valence-electron chi connectivity index (χ3n) is 6.72. The van der Waals surface area contributed by atoms with Gasteiger partial charge in [-0.1, -0.05) is 73.0 Å². The van der Waals surface area contributed by atoms with Crippen LogP contribution >= 0.6 is 11.6 Å². The first kappa shape index (κ1) is 33.9. The number of benzene rings is 3. The Balaban J connectivity index is 2.11. The summed E-state index contributed by atoms with van der Waals surface area (Å²) < 4.78 is 69.7. The number of hydrogen-bond donors (Lipinski definition) is 1. The summed E-state index contributed by atoms with van der Waals surface area (Å²) in [6.45, 7) is 8.41. The molecule has 0 spiro atoms. The summed E-state index contributed by atoms with van der Waals surface area (Å²) >= 11 is 5.81. The fourth-order valence-electron chi connectivity index (χ4n) is 4.29. The summed E-state index contributed by atoms with van der Waals surface area (Å²) in [7, 11) is -4.55. The van der Waals surface area contributed by atoms with Crippen molar-refractivity contribution < 1.29 is 31.2 Å². The molecule has 43 heavy (non-hydrogen) atoms. The van der Waals surface area contributed by atoms with E-state index in [9.17, 15) is 31.2 Å². The fourth-order valence-corrected chi connectivity index (χ4v) is 5.92. The highest BCUT2D eigenvalue weighted by Gasteiger charge is 2.37. The van der Waals surface area contributed by atoms with Gasteiger partial charge >= 0.3 is 6.18 Å². The molecule has 0 heterocycles. The zero-order chi connectivity index (χ0) is 32.1. The number of alkyl halides is 3. The molecule has 7 nitrogen and oxygen atoms in total. The first-order valence-electron chi connectivity index (χ1n) is 13.6. The van der Waals surface area contributed by atoms with Gasteiger partial charge in [0.15, 0.2) is 0 Å². The van der Waals surface area contributed by atoms with Crippen LogP contribution in [-0.4, -0.2) is 44.3 Å². The molecule has 0 aliphatic rings. The molecule has 0 bridgehead atoms. The molecule has 2 amide bonds. The number of sulfonamides is 1. The van der Waals surface area contributed by atoms with E-state index in [1.807, 2.05) is 32.9 Å². The molecule has 0 saturated carbocycles. The van der Waals surface area contributed by atoms with E-state index >= 15 is 0 Å². The number of nitrogens with one attached hydrogen (secondary N) is 1. The van der Waals surface area contributed by atoms with E-state index in [-0.39, 0.29) is 17.4 Å². The lowest BCUT2D eigenvalue weighted by Crippen LogP contribution is -2.51. The largest absolute Gasteiger partial charge is 0.417 e. The molecule has 0 fully saturated rings. The SMILES string of the molecule is Cc1ccc(S(=O)(=O)N(CC(=O)N(Cc2cccc(C)c2)[C@H](C)C(=O)NCC(C)C)c2ccc(Cl)c(C(F)(F)F)c2)cc1. The number of carbonyl (C=O) groups excluding carboxylic acids is 2. The summed E-state index contributed by atoms with van der Waals surface area (Å²) in [5, 5.41) is 2.17. The van der Waals surface area contributed by atoms with Crippen LogP contribution in [0.5, 0.6) is 0 Å². The van der Waals surface area contributed by atoms with Crippen molar-refractivity contribution in [2.24, 2.45) is 5.92 Å². The Morgan fingerprint density at radius 3 is 2.16 bits per heavy atom. The third-order valence-corrected chi connectivity index (χ3v) is 8.84. The standard InChI is InChI=1S/C31H35ClF3N3O4S/c1-20(2)17-36-30(40)23(5)37(18-24-8-6-7-22(4)15-24)29(39)19-38(43(41,42)26-12-9-21(3)10-13-26)25-11-14-28(32)27(16-25)31(33,34)35/h6-16,20,23H,17-19H2,1-5H3,(H,36,40)/t23-/m1/s1. The molecule has 1 N–H and O–H groups in total. The molecule has 12 heteroatoms. The van der Waals surface area contributed by atoms with E-state index in [4.69, 9.17) is 11.6 Å². The monoisotopic (exact) mass is 637 g/mol. The number of aryl methyl sites for hydroxylation is 2. The molecule has 0 aliphatic carbocycles. The van der Waals surface area contributed by atoms with Gasteiger partial charge in [0.2, 0.25) is 11.8 Å². The Hall–Kier alpha value is -3.57. The Labute approximate surface area is 255 Å². The van der Waals surface area contributed by atoms with Crippen LogP contribution in [0, 0.1) is 19.8 Å². The van der Waals surface area contributed by atoms with E-state index in [2.05, 4.69) is 5.32 Å². The van der Waals surface area contributed by atoms with Crippen LogP contribution in [0.25, 0.3) is 0 Å². The van der Waals surface area contributed by atoms with Crippen LogP contribution in [0.2, 0.25) is 5.02 Å². The van der Waals surface area contributed by atoms with E-state index in [1.54, 1.807) is 31.2 Å². The number of carbonyl (C=O) groups is 2. The van der Waals surface area contributed by atoms with Gasteiger partial charge in [-0.2, -0.15) is 13.2 Å². The van der Waals surface area contributed by atoms with Crippen LogP contribution < -0.4 is 9.62 Å². The highest BCUT2D eigenvalue weighted by Crippen LogP contribution is 2.38. The number of halogens is 4. The highest BCUT2D eigenvalue weighted by atomic mass is 35.5. The lowest BCUT2D eigenvalue weighted by Gasteiger charge is -2.32. The van der Waals surface area contributed by atoms with Crippen LogP contribution in [0.1, 0.15) is 43.0 Å². The number of anilines is 1. The summed E-state index contributed by atoms with van der Waals surface area (Å²) in [5.41, 5.74) is 0.708. The van der Waals surface area contributed by atoms with Crippen LogP contribution in [-0.2, 0) is 32.3 Å². The lowest BCUT2D eigenvalue weighted by atomic mass is 10.1. The van der Waals surface area contributed by atoms with Gasteiger partial charge in [-0.05, 0) is 62.6 Å². The van der Waals surface area contributed by atoms with E-state index in [0.29, 0.717) is 22.5 Å². The molecule has 0 aromatic heterocycles. The van der Waals surface area contributed by atoms with Gasteiger partial charge < -0.3 is 10.2 Å². The van der Waals surface area contributed by atoms with Gasteiger partial charge in [-0.3, -0.25) is 13.9 Å². The lowest BCUT2D eigenvalue weighted by molar-refractivity contribution is -0.139. The van der Waals surface area contributed by atoms with Crippen molar-refractivity contribution >= 4 is 39.1 Å². The molecule has 0 saturated heterocycles. The summed E-state index contributed by atoms with van der Waals surface area (Å²) in [6, 6.07) is 14.6. The zero-order valence-corrected chi connectivity index (χ0v) is 26.1. The van der Waals surface area contributed by atoms with Crippen molar-refractivity contribution in [3.05, 3.63) is 94.0 Å². The minimum atomic E-state index is -4.88. The molecule has 3 aromatic carbocycles. The maximum absolute atomic E-state index is 14.0. The Kier molecular flexibility index (Phi) is 10.9. The number of rotatable bonds is 11. The second-order valence-electron chi connectivity index (χ2n) is 10.8. The predicted molar refractivity (Wildman–Crippen MR) is 161 cm³/mol. The van der Waals surface area contributed by atoms with Gasteiger partial charge in [-0.15, -0.1) is 0 Å². The number of amides is 2. The normalized spacial score (nSPS) is 12.6. The van der Waals surface area contributed by atoms with Crippen LogP contribution in [0.15, 0.2) is 71.6 Å². The van der Waals surface area contributed by atoms with Gasteiger partial charge in [0.25, 0.3) is 10.0 Å². The molecule has 1 atom stereocenters. The van der Waals surface area contributed by atoms with Crippen molar-refractivity contribution in [2.45, 2.75) is 58.3 Å². The van der Waals surface area contributed by atoms with Crippen molar-refractivity contribution in [3.63, 3.8) is 0 Å². The fraction of sp³-hybridized carbons (Fsp3) is 0.355. The van der Waals surface area contributed by atoms with Crippen LogP contribution in [0.4, 0.5) is 18.9 Å². The topological polar surface area (TPSA) is 86.8 Å². The third kappa shape index (κ3) is 8.73. The number of nitrogens with zero attached hydrogens (tertiary/aromatic N) is 2. The summed E-state index contributed by atoms with van der Waals surface area (Å²) in [6.07, 6.45) is -4.88. The molecule has 3 rings (SSSR count). The van der Waals surface area contributed by atoms with Crippen molar-refractivity contribution in [2.75, 3.05) is 17.4 Å². The average molecular weight is 638 g/mol. The Bertz CT molecular complexity index is 1560. The molecule has 0 unspecified atom stereocenters. The summed E-state index contributed by atoms with van der Waals surface area (Å²) in [5.74, 6) is -1.10. The van der Waals surface area contributed by atoms with Crippen molar-refractivity contribution in [1.29, 1.82) is 0 Å². The zero-order valence-electron chi connectivity index (χ0n) is 24.6. The second kappa shape index (κ2) is 13.8. The van der Waals surface area contributed by atoms with Crippen LogP contribution in [0.3, 0.4) is 0 Å². The Morgan fingerprint density at radius 2 is 1.58 bits per heavy atom. The van der Waals surface area contributed by atoms with E-state index in [1.165, 1.54) is 24.0 Å². The minimum absolute atomic E-state index is 0.0381. The first-order valence-corrected chi connectivity index (χ1v) is 15.4. The molecule has 0 radical (unpaired) electrons. The van der Waals surface area contributed by atoms with Gasteiger partial charge in [0, 0.05) is 13.1 Å². The molecule has 3 aromatic rings. The van der Waals surface area contributed by atoms with Gasteiger partial charge in [0.05, 0.1) is 21.2 Å². The molecule has 232 valence electrons. The molecule has 0 aliphatic heterocycles. The van der Waals surface area contributed by atoms with Crippen molar-refractivity contribution in [1.82, 2.24) is 10.2 Å². The van der Waals surface area contributed by atoms with E-state index in [0.717, 1.165) is 23.3 Å². The second-order valence-corrected chi connectivity index (χ2v) is 13.1. The smallest absolute Gasteiger partial charge is 0.354 e. The summed E-state index contributed by atoms with van der Waals surface area (Å²) in [4.78, 5) is 28.1. The maximum Gasteiger partial charge on any atom is 0.417 e. The van der Waals surface area contributed by atoms with Gasteiger partial charge in [0.1, 0.15) is 12.6 Å². The molecular weight excluding hydrogens is 603 g/mol. The first-order chi connectivity index (χ1) is 20.0. The molecular formula is C31H35ClF3N3O4S. The quantitative estimate of drug-likeness (QED) is 0.265. The minimum Gasteiger partial charge on any atom is -0.354 e. The van der Waals surface area contributed by atoms with E-state index < -0.39 is 56.9 Å². The highest BCUT2D eigenvalue weighted by molar-refractivity contribution is 7.92. The van der Waals surface area contributed by atoms with Gasteiger partial charge in [-0.25, -0.2) is 8.42 Å². The maximum atomic E-state index is 14.0. The van der Waals surface area contributed by atoms with Crippen molar-refractivity contribution in [3.8, 4) is 0 Å².